The quantitative estimate of drug-likeness (QED) is 0.566. The summed E-state index contributed by atoms with van der Waals surface area (Å²) in [4.78, 5) is 21.1. The van der Waals surface area contributed by atoms with Crippen LogP contribution in [0, 0.1) is 0 Å². The third-order valence-electron chi connectivity index (χ3n) is 2.25. The molecule has 0 amide bonds. The van der Waals surface area contributed by atoms with Crippen molar-refractivity contribution in [2.45, 2.75) is 26.5 Å². The molecule has 0 radical (unpaired) electrons. The Balaban J connectivity index is 3.00. The molecule has 1 aromatic heterocycles. The molecule has 0 saturated carbocycles. The van der Waals surface area contributed by atoms with Gasteiger partial charge in [0.1, 0.15) is 5.75 Å². The minimum absolute atomic E-state index is 0.0400. The molecule has 0 saturated heterocycles. The minimum Gasteiger partial charge on any atom is -0.506 e. The van der Waals surface area contributed by atoms with Crippen LogP contribution in [0.25, 0.3) is 0 Å². The van der Waals surface area contributed by atoms with Crippen molar-refractivity contribution in [2.24, 2.45) is 5.73 Å². The van der Waals surface area contributed by atoms with Gasteiger partial charge in [0, 0.05) is 23.9 Å². The molecule has 0 aliphatic heterocycles. The second kappa shape index (κ2) is 5.57. The molecule has 1 aromatic rings. The normalized spacial score (nSPS) is 11.8. The van der Waals surface area contributed by atoms with Crippen molar-refractivity contribution in [3.05, 3.63) is 23.0 Å². The van der Waals surface area contributed by atoms with Crippen molar-refractivity contribution in [1.82, 2.24) is 4.98 Å². The van der Waals surface area contributed by atoms with Crippen molar-refractivity contribution >= 4 is 7.82 Å². The molecule has 1 rings (SSSR count). The number of aromatic nitrogens is 1. The maximum Gasteiger partial charge on any atom is 0.469 e. The second-order valence-electron chi connectivity index (χ2n) is 3.38. The third kappa shape index (κ3) is 3.76. The van der Waals surface area contributed by atoms with E-state index >= 15 is 0 Å². The number of nitrogens with two attached hydrogens (primary N) is 1. The zero-order valence-electron chi connectivity index (χ0n) is 9.33. The maximum absolute atomic E-state index is 10.6. The van der Waals surface area contributed by atoms with E-state index in [0.717, 1.165) is 0 Å². The maximum atomic E-state index is 10.6. The van der Waals surface area contributed by atoms with E-state index in [9.17, 15) is 9.67 Å². The summed E-state index contributed by atoms with van der Waals surface area (Å²) >= 11 is 0. The first kappa shape index (κ1) is 14.1. The van der Waals surface area contributed by atoms with Gasteiger partial charge in [0.05, 0.1) is 12.3 Å². The number of hydrogen-bond donors (Lipinski definition) is 4. The van der Waals surface area contributed by atoms with Crippen LogP contribution < -0.4 is 5.73 Å². The molecular weight excluding hydrogens is 247 g/mol. The lowest BCUT2D eigenvalue weighted by Crippen LogP contribution is -2.06. The summed E-state index contributed by atoms with van der Waals surface area (Å²) in [6.07, 6.45) is 1.94. The number of pyridine rings is 1. The van der Waals surface area contributed by atoms with Crippen LogP contribution in [0.1, 0.15) is 23.7 Å². The van der Waals surface area contributed by atoms with Gasteiger partial charge in [-0.25, -0.2) is 4.57 Å². The lowest BCUT2D eigenvalue weighted by molar-refractivity contribution is 0.188. The number of hydrogen-bond acceptors (Lipinski definition) is 5. The van der Waals surface area contributed by atoms with Crippen LogP contribution in [-0.4, -0.2) is 19.9 Å². The number of aromatic hydroxyl groups is 1. The molecule has 0 unspecified atom stereocenters. The fraction of sp³-hybridized carbons (Fsp3) is 0.444. The molecule has 8 heteroatoms. The molecule has 7 nitrogen and oxygen atoms in total. The van der Waals surface area contributed by atoms with Crippen molar-refractivity contribution in [3.8, 4) is 5.75 Å². The zero-order valence-corrected chi connectivity index (χ0v) is 10.2. The van der Waals surface area contributed by atoms with Gasteiger partial charge >= 0.3 is 7.82 Å². The fourth-order valence-electron chi connectivity index (χ4n) is 1.39. The topological polar surface area (TPSA) is 126 Å². The van der Waals surface area contributed by atoms with E-state index in [1.54, 1.807) is 0 Å². The van der Waals surface area contributed by atoms with Gasteiger partial charge in [-0.05, 0) is 6.42 Å². The Morgan fingerprint density at radius 3 is 2.65 bits per heavy atom. The highest BCUT2D eigenvalue weighted by molar-refractivity contribution is 7.46. The smallest absolute Gasteiger partial charge is 0.469 e. The molecule has 0 bridgehead atoms. The van der Waals surface area contributed by atoms with Crippen LogP contribution in [0.3, 0.4) is 0 Å². The lowest BCUT2D eigenvalue weighted by Gasteiger charge is -2.12. The van der Waals surface area contributed by atoms with E-state index in [-0.39, 0.29) is 18.9 Å². The van der Waals surface area contributed by atoms with Crippen LogP contribution in [-0.2, 0) is 28.7 Å². The number of rotatable bonds is 5. The first-order valence-corrected chi connectivity index (χ1v) is 6.50. The Kier molecular flexibility index (Phi) is 4.62. The van der Waals surface area contributed by atoms with E-state index < -0.39 is 7.82 Å². The Labute approximate surface area is 98.5 Å². The molecule has 17 heavy (non-hydrogen) atoms. The van der Waals surface area contributed by atoms with Crippen molar-refractivity contribution in [3.63, 3.8) is 0 Å². The standard InChI is InChI=1S/C9H15N2O5P/c1-2-8-9(12)7(3-10)6(4-11-8)5-16-17(13,14)15/h4,12H,2-3,5,10H2,1H3,(H2,13,14,15). The monoisotopic (exact) mass is 262 g/mol. The van der Waals surface area contributed by atoms with E-state index in [0.29, 0.717) is 23.2 Å². The molecule has 5 N–H and O–H groups in total. The number of phosphoric acid groups is 1. The van der Waals surface area contributed by atoms with Crippen molar-refractivity contribution < 1.29 is 24.0 Å². The SMILES string of the molecule is CCc1ncc(COP(=O)(O)O)c(CN)c1O. The third-order valence-corrected chi connectivity index (χ3v) is 2.72. The van der Waals surface area contributed by atoms with E-state index in [1.165, 1.54) is 6.20 Å². The summed E-state index contributed by atoms with van der Waals surface area (Å²) in [6.45, 7) is 1.52. The van der Waals surface area contributed by atoms with Crippen LogP contribution in [0.2, 0.25) is 0 Å². The van der Waals surface area contributed by atoms with Crippen molar-refractivity contribution in [1.29, 1.82) is 0 Å². The average Bonchev–Trinajstić information content (AvgIpc) is 2.25. The highest BCUT2D eigenvalue weighted by Gasteiger charge is 2.17. The number of phosphoric ester groups is 1. The lowest BCUT2D eigenvalue weighted by atomic mass is 10.1. The number of aryl methyl sites for hydroxylation is 1. The van der Waals surface area contributed by atoms with Crippen LogP contribution in [0.4, 0.5) is 0 Å². The van der Waals surface area contributed by atoms with E-state index in [4.69, 9.17) is 15.5 Å². The first-order valence-electron chi connectivity index (χ1n) is 4.97. The van der Waals surface area contributed by atoms with Gasteiger partial charge in [-0.15, -0.1) is 0 Å². The molecule has 0 aliphatic rings. The highest BCUT2D eigenvalue weighted by Crippen LogP contribution is 2.38. The van der Waals surface area contributed by atoms with Crippen LogP contribution >= 0.6 is 7.82 Å². The summed E-state index contributed by atoms with van der Waals surface area (Å²) in [5, 5.41) is 9.81. The Bertz CT molecular complexity index is 445. The highest BCUT2D eigenvalue weighted by atomic mass is 31.2. The largest absolute Gasteiger partial charge is 0.506 e. The van der Waals surface area contributed by atoms with Gasteiger partial charge in [0.2, 0.25) is 0 Å². The Morgan fingerprint density at radius 1 is 1.53 bits per heavy atom. The molecule has 0 fully saturated rings. The second-order valence-corrected chi connectivity index (χ2v) is 4.62. The predicted molar refractivity (Wildman–Crippen MR) is 60.0 cm³/mol. The average molecular weight is 262 g/mol. The first-order chi connectivity index (χ1) is 7.89. The van der Waals surface area contributed by atoms with E-state index in [2.05, 4.69) is 9.51 Å². The molecular formula is C9H15N2O5P. The molecule has 0 atom stereocenters. The Morgan fingerprint density at radius 2 is 2.18 bits per heavy atom. The summed E-state index contributed by atoms with van der Waals surface area (Å²) < 4.78 is 14.9. The van der Waals surface area contributed by atoms with Gasteiger partial charge < -0.3 is 20.6 Å². The predicted octanol–water partition coefficient (Wildman–Crippen LogP) is 0.418. The zero-order chi connectivity index (χ0) is 13.1. The van der Waals surface area contributed by atoms with Gasteiger partial charge in [-0.3, -0.25) is 9.51 Å². The van der Waals surface area contributed by atoms with Crippen LogP contribution in [0.15, 0.2) is 6.20 Å². The molecule has 1 heterocycles. The minimum atomic E-state index is -4.55. The summed E-state index contributed by atoms with van der Waals surface area (Å²) in [7, 11) is -4.55. The van der Waals surface area contributed by atoms with Gasteiger partial charge in [0.15, 0.2) is 0 Å². The van der Waals surface area contributed by atoms with Crippen LogP contribution in [0.5, 0.6) is 5.75 Å². The molecule has 0 spiro atoms. The van der Waals surface area contributed by atoms with Gasteiger partial charge in [0.25, 0.3) is 0 Å². The Hall–Kier alpha value is -0.980. The molecule has 0 aliphatic carbocycles. The summed E-state index contributed by atoms with van der Waals surface area (Å²) in [5.41, 5.74) is 6.73. The summed E-state index contributed by atoms with van der Waals surface area (Å²) in [6, 6.07) is 0. The molecule has 0 aromatic carbocycles. The fourth-order valence-corrected chi connectivity index (χ4v) is 1.69. The summed E-state index contributed by atoms with van der Waals surface area (Å²) in [5.74, 6) is -0.0400. The van der Waals surface area contributed by atoms with Gasteiger partial charge in [-0.2, -0.15) is 0 Å². The number of nitrogens with zero attached hydrogens (tertiary/aromatic N) is 1. The van der Waals surface area contributed by atoms with E-state index in [1.807, 2.05) is 6.92 Å². The molecule has 96 valence electrons. The van der Waals surface area contributed by atoms with Crippen molar-refractivity contribution in [2.75, 3.05) is 0 Å². The van der Waals surface area contributed by atoms with Gasteiger partial charge in [-0.1, -0.05) is 6.92 Å².